The van der Waals surface area contributed by atoms with Crippen molar-refractivity contribution in [3.63, 3.8) is 0 Å². The molecule has 1 aromatic heterocycles. The van der Waals surface area contributed by atoms with Gasteiger partial charge < -0.3 is 4.90 Å². The molecule has 0 saturated carbocycles. The van der Waals surface area contributed by atoms with Crippen molar-refractivity contribution in [2.45, 2.75) is 58.0 Å². The molecule has 0 unspecified atom stereocenters. The maximum atomic E-state index is 12.7. The summed E-state index contributed by atoms with van der Waals surface area (Å²) in [6, 6.07) is 10.6. The van der Waals surface area contributed by atoms with E-state index in [2.05, 4.69) is 29.4 Å². The van der Waals surface area contributed by atoms with Crippen molar-refractivity contribution in [3.05, 3.63) is 52.2 Å². The normalized spacial score (nSPS) is 18.1. The molecule has 0 N–H and O–H groups in total. The molecule has 2 aliphatic rings. The van der Waals surface area contributed by atoms with Crippen LogP contribution in [0.5, 0.6) is 0 Å². The van der Waals surface area contributed by atoms with Crippen LogP contribution >= 0.6 is 0 Å². The van der Waals surface area contributed by atoms with E-state index in [1.807, 2.05) is 11.0 Å². The number of aromatic nitrogens is 3. The van der Waals surface area contributed by atoms with Crippen molar-refractivity contribution in [2.24, 2.45) is 5.92 Å². The van der Waals surface area contributed by atoms with Crippen LogP contribution in [-0.4, -0.2) is 38.2 Å². The van der Waals surface area contributed by atoms with E-state index >= 15 is 0 Å². The first-order valence-corrected chi connectivity index (χ1v) is 10.2. The third-order valence-corrected chi connectivity index (χ3v) is 5.90. The van der Waals surface area contributed by atoms with Gasteiger partial charge in [-0.05, 0) is 43.6 Å². The molecule has 1 saturated heterocycles. The Morgan fingerprint density at radius 1 is 1.04 bits per heavy atom. The highest BCUT2D eigenvalue weighted by Gasteiger charge is 2.24. The number of hydrogen-bond acceptors (Lipinski definition) is 3. The van der Waals surface area contributed by atoms with Gasteiger partial charge in [-0.15, -0.1) is 0 Å². The second kappa shape index (κ2) is 8.11. The number of carbonyl (C=O) groups is 1. The zero-order valence-corrected chi connectivity index (χ0v) is 15.8. The summed E-state index contributed by atoms with van der Waals surface area (Å²) in [6.07, 6.45) is 7.18. The van der Waals surface area contributed by atoms with Crippen LogP contribution in [0.3, 0.4) is 0 Å². The summed E-state index contributed by atoms with van der Waals surface area (Å²) in [5.41, 5.74) is 1.24. The Labute approximate surface area is 159 Å². The number of rotatable bonds is 4. The molecule has 3 heterocycles. The largest absolute Gasteiger partial charge is 0.346 e. The van der Waals surface area contributed by atoms with Gasteiger partial charge >= 0.3 is 5.69 Å². The fourth-order valence-corrected chi connectivity index (χ4v) is 4.29. The van der Waals surface area contributed by atoms with Gasteiger partial charge in [0.15, 0.2) is 0 Å². The molecular formula is C21H28N4O2. The lowest BCUT2D eigenvalue weighted by Crippen LogP contribution is -2.42. The predicted molar refractivity (Wildman–Crippen MR) is 103 cm³/mol. The van der Waals surface area contributed by atoms with E-state index in [1.165, 1.54) is 10.2 Å². The van der Waals surface area contributed by atoms with E-state index in [-0.39, 0.29) is 18.1 Å². The predicted octanol–water partition coefficient (Wildman–Crippen LogP) is 2.25. The average Bonchev–Trinajstić information content (AvgIpc) is 2.86. The van der Waals surface area contributed by atoms with Crippen molar-refractivity contribution >= 4 is 5.91 Å². The molecule has 1 fully saturated rings. The fraction of sp³-hybridized carbons (Fsp3) is 0.571. The third kappa shape index (κ3) is 4.15. The van der Waals surface area contributed by atoms with Gasteiger partial charge in [0.25, 0.3) is 0 Å². The quantitative estimate of drug-likeness (QED) is 0.832. The summed E-state index contributed by atoms with van der Waals surface area (Å²) in [5.74, 6) is 1.48. The number of piperidine rings is 1. The molecule has 0 bridgehead atoms. The van der Waals surface area contributed by atoms with Crippen LogP contribution in [0.25, 0.3) is 0 Å². The van der Waals surface area contributed by atoms with Crippen LogP contribution in [0.2, 0.25) is 0 Å². The van der Waals surface area contributed by atoms with Gasteiger partial charge in [-0.1, -0.05) is 36.8 Å². The van der Waals surface area contributed by atoms with Crippen LogP contribution in [0, 0.1) is 5.92 Å². The second-order valence-corrected chi connectivity index (χ2v) is 7.83. The van der Waals surface area contributed by atoms with E-state index in [0.717, 1.165) is 70.4 Å². The lowest BCUT2D eigenvalue weighted by atomic mass is 9.90. The maximum Gasteiger partial charge on any atom is 0.346 e. The molecule has 0 atom stereocenters. The van der Waals surface area contributed by atoms with Crippen LogP contribution in [0.1, 0.15) is 43.5 Å². The molecule has 0 spiro atoms. The minimum Gasteiger partial charge on any atom is -0.341 e. The number of fused-ring (bicyclic) bond motifs is 1. The number of likely N-dealkylation sites (tertiary alicyclic amines) is 1. The highest BCUT2D eigenvalue weighted by atomic mass is 16.2. The fourth-order valence-electron chi connectivity index (χ4n) is 4.29. The van der Waals surface area contributed by atoms with E-state index < -0.39 is 0 Å². The highest BCUT2D eigenvalue weighted by Crippen LogP contribution is 2.22. The molecule has 0 radical (unpaired) electrons. The first-order valence-electron chi connectivity index (χ1n) is 10.2. The summed E-state index contributed by atoms with van der Waals surface area (Å²) < 4.78 is 3.13. The van der Waals surface area contributed by atoms with Crippen LogP contribution < -0.4 is 5.69 Å². The minimum absolute atomic E-state index is 0.0171. The number of nitrogens with zero attached hydrogens (tertiary/aromatic N) is 4. The van der Waals surface area contributed by atoms with Gasteiger partial charge in [-0.2, -0.15) is 5.10 Å². The Balaban J connectivity index is 1.33. The Kier molecular flexibility index (Phi) is 5.41. The Morgan fingerprint density at radius 2 is 1.81 bits per heavy atom. The number of hydrogen-bond donors (Lipinski definition) is 0. The molecule has 2 aromatic rings. The molecule has 1 aromatic carbocycles. The summed E-state index contributed by atoms with van der Waals surface area (Å²) in [6.45, 7) is 2.35. The second-order valence-electron chi connectivity index (χ2n) is 7.83. The first-order chi connectivity index (χ1) is 13.2. The summed E-state index contributed by atoms with van der Waals surface area (Å²) >= 11 is 0. The Hall–Kier alpha value is -2.37. The molecule has 6 nitrogen and oxygen atoms in total. The number of benzene rings is 1. The molecule has 1 amide bonds. The SMILES string of the molecule is O=C(Cn1nc2n(c1=O)CCCCC2)N1CCC(Cc2ccccc2)CC1. The molecule has 27 heavy (non-hydrogen) atoms. The van der Waals surface area contributed by atoms with Crippen molar-refractivity contribution in [1.82, 2.24) is 19.2 Å². The topological polar surface area (TPSA) is 60.1 Å². The Bertz CT molecular complexity index is 832. The van der Waals surface area contributed by atoms with Crippen LogP contribution in [-0.2, 0) is 30.7 Å². The van der Waals surface area contributed by atoms with E-state index in [9.17, 15) is 9.59 Å². The van der Waals surface area contributed by atoms with Crippen LogP contribution in [0.15, 0.2) is 35.1 Å². The molecule has 6 heteroatoms. The van der Waals surface area contributed by atoms with Gasteiger partial charge in [-0.3, -0.25) is 9.36 Å². The minimum atomic E-state index is -0.126. The number of aryl methyl sites for hydroxylation is 1. The van der Waals surface area contributed by atoms with Crippen molar-refractivity contribution in [2.75, 3.05) is 13.1 Å². The van der Waals surface area contributed by atoms with Crippen molar-refractivity contribution in [3.8, 4) is 0 Å². The zero-order chi connectivity index (χ0) is 18.6. The lowest BCUT2D eigenvalue weighted by molar-refractivity contribution is -0.133. The van der Waals surface area contributed by atoms with Gasteiger partial charge in [0.2, 0.25) is 5.91 Å². The summed E-state index contributed by atoms with van der Waals surface area (Å²) in [5, 5.41) is 4.44. The molecular weight excluding hydrogens is 340 g/mol. The number of amides is 1. The van der Waals surface area contributed by atoms with Gasteiger partial charge in [-0.25, -0.2) is 9.48 Å². The highest BCUT2D eigenvalue weighted by molar-refractivity contribution is 5.75. The van der Waals surface area contributed by atoms with Gasteiger partial charge in [0.05, 0.1) is 0 Å². The van der Waals surface area contributed by atoms with E-state index in [4.69, 9.17) is 0 Å². The lowest BCUT2D eigenvalue weighted by Gasteiger charge is -2.32. The molecule has 0 aliphatic carbocycles. The molecule has 2 aliphatic heterocycles. The van der Waals surface area contributed by atoms with Crippen molar-refractivity contribution < 1.29 is 4.79 Å². The number of carbonyl (C=O) groups excluding carboxylic acids is 1. The van der Waals surface area contributed by atoms with Gasteiger partial charge in [0.1, 0.15) is 12.4 Å². The smallest absolute Gasteiger partial charge is 0.341 e. The molecule has 4 rings (SSSR count). The van der Waals surface area contributed by atoms with Crippen LogP contribution in [0.4, 0.5) is 0 Å². The summed E-state index contributed by atoms with van der Waals surface area (Å²) in [4.78, 5) is 27.1. The average molecular weight is 368 g/mol. The first kappa shape index (κ1) is 18.0. The Morgan fingerprint density at radius 3 is 2.59 bits per heavy atom. The zero-order valence-electron chi connectivity index (χ0n) is 15.8. The van der Waals surface area contributed by atoms with Gasteiger partial charge in [0, 0.05) is 26.1 Å². The third-order valence-electron chi connectivity index (χ3n) is 5.90. The van der Waals surface area contributed by atoms with E-state index in [1.54, 1.807) is 4.57 Å². The maximum absolute atomic E-state index is 12.7. The van der Waals surface area contributed by atoms with E-state index in [0.29, 0.717) is 5.92 Å². The molecule has 144 valence electrons. The summed E-state index contributed by atoms with van der Waals surface area (Å²) in [7, 11) is 0. The van der Waals surface area contributed by atoms with Crippen molar-refractivity contribution in [1.29, 1.82) is 0 Å². The standard InChI is InChI=1S/C21H28N4O2/c26-20(16-25-21(27)24-12-6-2-5-9-19(24)22-25)23-13-10-18(11-14-23)15-17-7-3-1-4-8-17/h1,3-4,7-8,18H,2,5-6,9-16H2. The monoisotopic (exact) mass is 368 g/mol.